The molecule has 0 aromatic heterocycles. The fraction of sp³-hybridized carbons (Fsp3) is 0.200. The standard InChI is InChI=1S/C25H25N/c1-26(2)19-25(21-12-5-3-6-13-21,22-14-7-4-8-15-22)24-18-17-20-11-9-10-16-23(20)24/h3-18,24H,19H2,1-2H3. The maximum atomic E-state index is 2.40. The van der Waals surface area contributed by atoms with E-state index in [1.807, 2.05) is 0 Å². The summed E-state index contributed by atoms with van der Waals surface area (Å²) >= 11 is 0. The smallest absolute Gasteiger partial charge is 0.0432 e. The fourth-order valence-corrected chi connectivity index (χ4v) is 4.46. The van der Waals surface area contributed by atoms with Crippen LogP contribution in [0.4, 0.5) is 0 Å². The van der Waals surface area contributed by atoms with Crippen molar-refractivity contribution in [2.24, 2.45) is 0 Å². The molecule has 0 N–H and O–H groups in total. The molecule has 130 valence electrons. The summed E-state index contributed by atoms with van der Waals surface area (Å²) in [7, 11) is 4.34. The highest BCUT2D eigenvalue weighted by Crippen LogP contribution is 2.49. The molecule has 0 saturated carbocycles. The first-order valence-electron chi connectivity index (χ1n) is 9.25. The Kier molecular flexibility index (Phi) is 4.48. The lowest BCUT2D eigenvalue weighted by Crippen LogP contribution is -2.43. The number of rotatable bonds is 5. The van der Waals surface area contributed by atoms with E-state index >= 15 is 0 Å². The van der Waals surface area contributed by atoms with Crippen molar-refractivity contribution in [3.8, 4) is 0 Å². The molecule has 0 aliphatic heterocycles. The van der Waals surface area contributed by atoms with Crippen LogP contribution in [-0.2, 0) is 5.41 Å². The lowest BCUT2D eigenvalue weighted by atomic mass is 9.64. The summed E-state index contributed by atoms with van der Waals surface area (Å²) in [6.45, 7) is 0.949. The van der Waals surface area contributed by atoms with E-state index in [9.17, 15) is 0 Å². The summed E-state index contributed by atoms with van der Waals surface area (Å²) in [4.78, 5) is 2.31. The van der Waals surface area contributed by atoms with Crippen LogP contribution in [0.3, 0.4) is 0 Å². The second-order valence-electron chi connectivity index (χ2n) is 7.41. The SMILES string of the molecule is CN(C)CC(c1ccccc1)(c1ccccc1)C1C=Cc2ccccc21. The molecule has 3 aromatic rings. The van der Waals surface area contributed by atoms with E-state index in [1.54, 1.807) is 0 Å². The van der Waals surface area contributed by atoms with E-state index in [0.29, 0.717) is 5.92 Å². The molecule has 0 radical (unpaired) electrons. The van der Waals surface area contributed by atoms with Crippen LogP contribution in [0.1, 0.15) is 28.2 Å². The summed E-state index contributed by atoms with van der Waals surface area (Å²) in [5.74, 6) is 0.311. The van der Waals surface area contributed by atoms with Crippen molar-refractivity contribution in [3.63, 3.8) is 0 Å². The molecule has 0 saturated heterocycles. The largest absolute Gasteiger partial charge is 0.308 e. The van der Waals surface area contributed by atoms with Crippen LogP contribution >= 0.6 is 0 Å². The van der Waals surface area contributed by atoms with Gasteiger partial charge in [0.15, 0.2) is 0 Å². The van der Waals surface area contributed by atoms with Gasteiger partial charge >= 0.3 is 0 Å². The van der Waals surface area contributed by atoms with Crippen molar-refractivity contribution < 1.29 is 0 Å². The minimum Gasteiger partial charge on any atom is -0.308 e. The summed E-state index contributed by atoms with van der Waals surface area (Å²) in [5, 5.41) is 0. The van der Waals surface area contributed by atoms with Crippen molar-refractivity contribution in [3.05, 3.63) is 113 Å². The second kappa shape index (κ2) is 6.93. The van der Waals surface area contributed by atoms with E-state index in [1.165, 1.54) is 22.3 Å². The van der Waals surface area contributed by atoms with Gasteiger partial charge in [0.05, 0.1) is 0 Å². The molecule has 0 fully saturated rings. The number of likely N-dealkylation sites (N-methyl/N-ethyl adjacent to an activating group) is 1. The van der Waals surface area contributed by atoms with Gasteiger partial charge in [-0.05, 0) is 36.3 Å². The minimum absolute atomic E-state index is 0.130. The lowest BCUT2D eigenvalue weighted by Gasteiger charge is -2.42. The first kappa shape index (κ1) is 16.8. The normalized spacial score (nSPS) is 16.0. The lowest BCUT2D eigenvalue weighted by molar-refractivity contribution is 0.298. The van der Waals surface area contributed by atoms with Gasteiger partial charge in [-0.25, -0.2) is 0 Å². The van der Waals surface area contributed by atoms with Crippen molar-refractivity contribution in [1.82, 2.24) is 4.90 Å². The van der Waals surface area contributed by atoms with Gasteiger partial charge in [0.25, 0.3) is 0 Å². The van der Waals surface area contributed by atoms with Crippen LogP contribution < -0.4 is 0 Å². The summed E-state index contributed by atoms with van der Waals surface area (Å²) < 4.78 is 0. The van der Waals surface area contributed by atoms with E-state index in [2.05, 4.69) is 116 Å². The Labute approximate surface area is 156 Å². The molecule has 1 aliphatic rings. The quantitative estimate of drug-likeness (QED) is 0.606. The van der Waals surface area contributed by atoms with Crippen molar-refractivity contribution in [1.29, 1.82) is 0 Å². The number of fused-ring (bicyclic) bond motifs is 1. The van der Waals surface area contributed by atoms with Crippen LogP contribution in [-0.4, -0.2) is 25.5 Å². The molecule has 1 unspecified atom stereocenters. The predicted molar refractivity (Wildman–Crippen MR) is 110 cm³/mol. The maximum Gasteiger partial charge on any atom is 0.0432 e. The van der Waals surface area contributed by atoms with Crippen LogP contribution in [0.15, 0.2) is 91.0 Å². The Balaban J connectivity index is 1.99. The molecule has 4 rings (SSSR count). The van der Waals surface area contributed by atoms with Gasteiger partial charge in [-0.3, -0.25) is 0 Å². The molecule has 3 aromatic carbocycles. The second-order valence-corrected chi connectivity index (χ2v) is 7.41. The summed E-state index contributed by atoms with van der Waals surface area (Å²) in [6, 6.07) is 30.8. The zero-order chi connectivity index (χ0) is 18.0. The van der Waals surface area contributed by atoms with Crippen LogP contribution in [0.25, 0.3) is 6.08 Å². The zero-order valence-electron chi connectivity index (χ0n) is 15.5. The van der Waals surface area contributed by atoms with Crippen LogP contribution in [0.2, 0.25) is 0 Å². The highest BCUT2D eigenvalue weighted by molar-refractivity contribution is 5.66. The first-order valence-corrected chi connectivity index (χ1v) is 9.25. The number of nitrogens with zero attached hydrogens (tertiary/aromatic N) is 1. The van der Waals surface area contributed by atoms with Crippen molar-refractivity contribution >= 4 is 6.08 Å². The Bertz CT molecular complexity index is 854. The molecular formula is C25H25N. The highest BCUT2D eigenvalue weighted by Gasteiger charge is 2.43. The average molecular weight is 339 g/mol. The van der Waals surface area contributed by atoms with Crippen molar-refractivity contribution in [2.45, 2.75) is 11.3 Å². The van der Waals surface area contributed by atoms with Gasteiger partial charge in [0.1, 0.15) is 0 Å². The van der Waals surface area contributed by atoms with Gasteiger partial charge in [0.2, 0.25) is 0 Å². The highest BCUT2D eigenvalue weighted by atomic mass is 15.1. The Hall–Kier alpha value is -2.64. The molecule has 0 heterocycles. The first-order chi connectivity index (χ1) is 12.7. The molecule has 0 spiro atoms. The van der Waals surface area contributed by atoms with Crippen molar-refractivity contribution in [2.75, 3.05) is 20.6 Å². The monoisotopic (exact) mass is 339 g/mol. The Morgan fingerprint density at radius 2 is 1.27 bits per heavy atom. The minimum atomic E-state index is -0.130. The van der Waals surface area contributed by atoms with Gasteiger partial charge in [-0.15, -0.1) is 0 Å². The third-order valence-electron chi connectivity index (χ3n) is 5.47. The van der Waals surface area contributed by atoms with E-state index in [4.69, 9.17) is 0 Å². The van der Waals surface area contributed by atoms with Gasteiger partial charge in [-0.2, -0.15) is 0 Å². The van der Waals surface area contributed by atoms with Crippen LogP contribution in [0, 0.1) is 0 Å². The van der Waals surface area contributed by atoms with Crippen LogP contribution in [0.5, 0.6) is 0 Å². The number of hydrogen-bond donors (Lipinski definition) is 0. The Morgan fingerprint density at radius 3 is 1.85 bits per heavy atom. The van der Waals surface area contributed by atoms with E-state index < -0.39 is 0 Å². The molecule has 1 nitrogen and oxygen atoms in total. The third-order valence-corrected chi connectivity index (χ3v) is 5.47. The van der Waals surface area contributed by atoms with E-state index in [0.717, 1.165) is 6.54 Å². The molecule has 0 amide bonds. The maximum absolute atomic E-state index is 2.40. The summed E-state index contributed by atoms with van der Waals surface area (Å²) in [5.41, 5.74) is 5.36. The summed E-state index contributed by atoms with van der Waals surface area (Å²) in [6.07, 6.45) is 4.68. The van der Waals surface area contributed by atoms with Gasteiger partial charge < -0.3 is 4.90 Å². The molecule has 1 heteroatoms. The number of allylic oxidation sites excluding steroid dienone is 1. The van der Waals surface area contributed by atoms with Gasteiger partial charge in [0, 0.05) is 17.9 Å². The molecule has 26 heavy (non-hydrogen) atoms. The van der Waals surface area contributed by atoms with Gasteiger partial charge in [-0.1, -0.05) is 97.1 Å². The molecule has 0 bridgehead atoms. The number of benzene rings is 3. The predicted octanol–water partition coefficient (Wildman–Crippen LogP) is 5.34. The third kappa shape index (κ3) is 2.79. The average Bonchev–Trinajstić information content (AvgIpc) is 3.12. The molecular weight excluding hydrogens is 314 g/mol. The molecule has 1 atom stereocenters. The Morgan fingerprint density at radius 1 is 0.731 bits per heavy atom. The number of hydrogen-bond acceptors (Lipinski definition) is 1. The van der Waals surface area contributed by atoms with E-state index in [-0.39, 0.29) is 5.41 Å². The topological polar surface area (TPSA) is 3.24 Å². The fourth-order valence-electron chi connectivity index (χ4n) is 4.46. The zero-order valence-corrected chi connectivity index (χ0v) is 15.5. The molecule has 1 aliphatic carbocycles.